The number of thioether (sulfide) groups is 1. The molecule has 0 aliphatic heterocycles. The van der Waals surface area contributed by atoms with E-state index in [1.807, 2.05) is 48.5 Å². The average molecular weight is 299 g/mol. The van der Waals surface area contributed by atoms with Crippen LogP contribution in [0.5, 0.6) is 0 Å². The van der Waals surface area contributed by atoms with Crippen molar-refractivity contribution in [3.05, 3.63) is 60.2 Å². The van der Waals surface area contributed by atoms with E-state index in [2.05, 4.69) is 11.1 Å². The maximum atomic E-state index is 11.9. The van der Waals surface area contributed by atoms with Crippen molar-refractivity contribution in [1.82, 2.24) is 4.98 Å². The van der Waals surface area contributed by atoms with Crippen molar-refractivity contribution in [1.29, 1.82) is 0 Å². The SMILES string of the molecule is CC(=O)C(Sc1nc2ccccc2s1)c1ccccc1. The van der Waals surface area contributed by atoms with E-state index in [0.717, 1.165) is 20.1 Å². The van der Waals surface area contributed by atoms with Gasteiger partial charge in [-0.15, -0.1) is 11.3 Å². The fourth-order valence-corrected chi connectivity index (χ4v) is 4.28. The van der Waals surface area contributed by atoms with E-state index in [1.165, 1.54) is 11.8 Å². The van der Waals surface area contributed by atoms with Crippen molar-refractivity contribution in [2.45, 2.75) is 16.5 Å². The molecule has 0 saturated carbocycles. The van der Waals surface area contributed by atoms with Crippen LogP contribution in [0.4, 0.5) is 0 Å². The summed E-state index contributed by atoms with van der Waals surface area (Å²) in [6.45, 7) is 1.64. The average Bonchev–Trinajstić information content (AvgIpc) is 2.88. The lowest BCUT2D eigenvalue weighted by atomic mass is 10.1. The Bertz CT molecular complexity index is 703. The lowest BCUT2D eigenvalue weighted by Gasteiger charge is -2.11. The predicted octanol–water partition coefficient (Wildman–Crippen LogP) is 4.72. The Hall–Kier alpha value is -1.65. The predicted molar refractivity (Wildman–Crippen MR) is 85.3 cm³/mol. The minimum atomic E-state index is -0.184. The Labute approximate surface area is 125 Å². The monoisotopic (exact) mass is 299 g/mol. The minimum absolute atomic E-state index is 0.153. The van der Waals surface area contributed by atoms with Gasteiger partial charge in [-0.05, 0) is 24.6 Å². The molecule has 3 aromatic rings. The summed E-state index contributed by atoms with van der Waals surface area (Å²) in [6, 6.07) is 17.9. The Morgan fingerprint density at radius 3 is 2.50 bits per heavy atom. The van der Waals surface area contributed by atoms with E-state index in [1.54, 1.807) is 18.3 Å². The van der Waals surface area contributed by atoms with Crippen molar-refractivity contribution in [3.63, 3.8) is 0 Å². The molecule has 0 fully saturated rings. The van der Waals surface area contributed by atoms with Crippen molar-refractivity contribution in [2.24, 2.45) is 0 Å². The summed E-state index contributed by atoms with van der Waals surface area (Å²) in [7, 11) is 0. The maximum Gasteiger partial charge on any atom is 0.152 e. The normalized spacial score (nSPS) is 12.4. The fraction of sp³-hybridized carbons (Fsp3) is 0.125. The maximum absolute atomic E-state index is 11.9. The van der Waals surface area contributed by atoms with Gasteiger partial charge in [0.15, 0.2) is 4.34 Å². The Kier molecular flexibility index (Phi) is 3.85. The molecule has 100 valence electrons. The molecule has 1 heterocycles. The standard InChI is InChI=1S/C16H13NOS2/c1-11(18)15(12-7-3-2-4-8-12)20-16-17-13-9-5-6-10-14(13)19-16/h2-10,15H,1H3. The summed E-state index contributed by atoms with van der Waals surface area (Å²) in [5.41, 5.74) is 2.03. The van der Waals surface area contributed by atoms with Gasteiger partial charge in [0, 0.05) is 0 Å². The van der Waals surface area contributed by atoms with E-state index in [0.29, 0.717) is 0 Å². The highest BCUT2D eigenvalue weighted by Gasteiger charge is 2.19. The third-order valence-electron chi connectivity index (χ3n) is 2.96. The molecule has 0 amide bonds. The van der Waals surface area contributed by atoms with Gasteiger partial charge in [0.1, 0.15) is 5.78 Å². The lowest BCUT2D eigenvalue weighted by Crippen LogP contribution is -2.04. The van der Waals surface area contributed by atoms with Crippen molar-refractivity contribution in [3.8, 4) is 0 Å². The molecule has 1 unspecified atom stereocenters. The number of rotatable bonds is 4. The van der Waals surface area contributed by atoms with Crippen LogP contribution < -0.4 is 0 Å². The van der Waals surface area contributed by atoms with Crippen LogP contribution in [0.3, 0.4) is 0 Å². The highest BCUT2D eigenvalue weighted by Crippen LogP contribution is 2.39. The number of benzene rings is 2. The van der Waals surface area contributed by atoms with E-state index in [4.69, 9.17) is 0 Å². The van der Waals surface area contributed by atoms with Crippen LogP contribution in [0.25, 0.3) is 10.2 Å². The molecule has 20 heavy (non-hydrogen) atoms. The number of aromatic nitrogens is 1. The number of carbonyl (C=O) groups excluding carboxylic acids is 1. The van der Waals surface area contributed by atoms with Crippen LogP contribution in [0.15, 0.2) is 58.9 Å². The Morgan fingerprint density at radius 2 is 1.80 bits per heavy atom. The molecule has 0 spiro atoms. The molecular formula is C16H13NOS2. The number of hydrogen-bond donors (Lipinski definition) is 0. The number of ketones is 1. The molecule has 0 aliphatic rings. The second kappa shape index (κ2) is 5.77. The van der Waals surface area contributed by atoms with Gasteiger partial charge in [0.25, 0.3) is 0 Å². The zero-order valence-electron chi connectivity index (χ0n) is 10.9. The molecule has 0 radical (unpaired) electrons. The number of nitrogens with zero attached hydrogens (tertiary/aromatic N) is 1. The summed E-state index contributed by atoms with van der Waals surface area (Å²) >= 11 is 3.17. The quantitative estimate of drug-likeness (QED) is 0.653. The van der Waals surface area contributed by atoms with E-state index >= 15 is 0 Å². The molecule has 3 rings (SSSR count). The first-order valence-electron chi connectivity index (χ1n) is 6.31. The molecule has 1 atom stereocenters. The minimum Gasteiger partial charge on any atom is -0.298 e. The molecule has 0 bridgehead atoms. The second-order valence-corrected chi connectivity index (χ2v) is 6.85. The molecular weight excluding hydrogens is 286 g/mol. The number of carbonyl (C=O) groups is 1. The summed E-state index contributed by atoms with van der Waals surface area (Å²) in [4.78, 5) is 16.5. The van der Waals surface area contributed by atoms with Gasteiger partial charge in [0.2, 0.25) is 0 Å². The number of fused-ring (bicyclic) bond motifs is 1. The van der Waals surface area contributed by atoms with E-state index in [-0.39, 0.29) is 11.0 Å². The van der Waals surface area contributed by atoms with E-state index in [9.17, 15) is 4.79 Å². The van der Waals surface area contributed by atoms with Crippen LogP contribution in [0, 0.1) is 0 Å². The Morgan fingerprint density at radius 1 is 1.10 bits per heavy atom. The third-order valence-corrected chi connectivity index (χ3v) is 5.47. The first-order valence-corrected chi connectivity index (χ1v) is 8.01. The van der Waals surface area contributed by atoms with Crippen LogP contribution in [-0.2, 0) is 4.79 Å². The largest absolute Gasteiger partial charge is 0.298 e. The van der Waals surface area contributed by atoms with Gasteiger partial charge in [-0.2, -0.15) is 0 Å². The van der Waals surface area contributed by atoms with Crippen molar-refractivity contribution >= 4 is 39.1 Å². The van der Waals surface area contributed by atoms with Gasteiger partial charge in [-0.3, -0.25) is 4.79 Å². The smallest absolute Gasteiger partial charge is 0.152 e. The summed E-state index contributed by atoms with van der Waals surface area (Å²) < 4.78 is 2.10. The zero-order valence-corrected chi connectivity index (χ0v) is 12.6. The summed E-state index contributed by atoms with van der Waals surface area (Å²) in [6.07, 6.45) is 0. The van der Waals surface area contributed by atoms with Crippen molar-refractivity contribution in [2.75, 3.05) is 0 Å². The van der Waals surface area contributed by atoms with Crippen LogP contribution in [0.2, 0.25) is 0 Å². The molecule has 0 aliphatic carbocycles. The number of para-hydroxylation sites is 1. The summed E-state index contributed by atoms with van der Waals surface area (Å²) in [5, 5.41) is -0.184. The van der Waals surface area contributed by atoms with Crippen LogP contribution >= 0.6 is 23.1 Å². The Balaban J connectivity index is 1.92. The zero-order chi connectivity index (χ0) is 13.9. The number of Topliss-reactive ketones (excluding diaryl/α,β-unsaturated/α-hetero) is 1. The second-order valence-electron chi connectivity index (χ2n) is 4.47. The first kappa shape index (κ1) is 13.3. The topological polar surface area (TPSA) is 30.0 Å². The lowest BCUT2D eigenvalue weighted by molar-refractivity contribution is -0.116. The molecule has 1 aromatic heterocycles. The number of thiazole rings is 1. The molecule has 0 N–H and O–H groups in total. The van der Waals surface area contributed by atoms with Crippen LogP contribution in [-0.4, -0.2) is 10.8 Å². The molecule has 0 saturated heterocycles. The van der Waals surface area contributed by atoms with Gasteiger partial charge in [-0.1, -0.05) is 54.2 Å². The van der Waals surface area contributed by atoms with Gasteiger partial charge < -0.3 is 0 Å². The number of hydrogen-bond acceptors (Lipinski definition) is 4. The highest BCUT2D eigenvalue weighted by molar-refractivity contribution is 8.02. The molecule has 2 nitrogen and oxygen atoms in total. The third kappa shape index (κ3) is 2.76. The first-order chi connectivity index (χ1) is 9.74. The molecule has 2 aromatic carbocycles. The molecule has 4 heteroatoms. The van der Waals surface area contributed by atoms with Gasteiger partial charge >= 0.3 is 0 Å². The van der Waals surface area contributed by atoms with E-state index < -0.39 is 0 Å². The van der Waals surface area contributed by atoms with Crippen LogP contribution in [0.1, 0.15) is 17.7 Å². The van der Waals surface area contributed by atoms with Crippen molar-refractivity contribution < 1.29 is 4.79 Å². The highest BCUT2D eigenvalue weighted by atomic mass is 32.2. The van der Waals surface area contributed by atoms with Gasteiger partial charge in [0.05, 0.1) is 15.5 Å². The fourth-order valence-electron chi connectivity index (χ4n) is 2.02. The van der Waals surface area contributed by atoms with Gasteiger partial charge in [-0.25, -0.2) is 4.98 Å². The summed E-state index contributed by atoms with van der Waals surface area (Å²) in [5.74, 6) is 0.153.